The Bertz CT molecular complexity index is 1430. The minimum atomic E-state index is -3.55. The van der Waals surface area contributed by atoms with Gasteiger partial charge in [0.15, 0.2) is 5.78 Å². The highest BCUT2D eigenvalue weighted by atomic mass is 32.2. The molecule has 0 aliphatic carbocycles. The van der Waals surface area contributed by atoms with E-state index in [1.165, 1.54) is 9.87 Å². The lowest BCUT2D eigenvalue weighted by Crippen LogP contribution is -2.41. The number of ether oxygens (including phenoxy) is 1. The van der Waals surface area contributed by atoms with Crippen LogP contribution in [0.25, 0.3) is 0 Å². The van der Waals surface area contributed by atoms with Gasteiger partial charge in [0.25, 0.3) is 0 Å². The van der Waals surface area contributed by atoms with Crippen LogP contribution in [0.15, 0.2) is 71.6 Å². The van der Waals surface area contributed by atoms with Crippen LogP contribution < -0.4 is 4.74 Å². The Labute approximate surface area is 246 Å². The first-order chi connectivity index (χ1) is 19.5. The number of hydrogen-bond donors (Lipinski definition) is 0. The van der Waals surface area contributed by atoms with Gasteiger partial charge in [-0.15, -0.1) is 0 Å². The number of sulfonamides is 1. The zero-order valence-electron chi connectivity index (χ0n) is 25.2. The van der Waals surface area contributed by atoms with E-state index < -0.39 is 10.0 Å². The SMILES string of the molecule is CCCOc1ccc(CN(CCCC(=O)c2ccc3c(c2)CCN(S(=O)(=O)c2ccc(C)cc2)C3)C(C)(C)C)cc1. The number of carbonyl (C=O) groups is 1. The van der Waals surface area contributed by atoms with E-state index in [4.69, 9.17) is 4.74 Å². The Kier molecular flexibility index (Phi) is 10.1. The Hall–Kier alpha value is -3.00. The van der Waals surface area contributed by atoms with Crippen LogP contribution in [-0.4, -0.2) is 48.6 Å². The molecule has 0 atom stereocenters. The number of hydrogen-bond acceptors (Lipinski definition) is 5. The fourth-order valence-electron chi connectivity index (χ4n) is 5.12. The smallest absolute Gasteiger partial charge is 0.243 e. The summed E-state index contributed by atoms with van der Waals surface area (Å²) in [7, 11) is -3.55. The standard InChI is InChI=1S/C34H44N2O4S/c1-6-22-40-31-15-11-27(12-16-31)24-35(34(3,4)5)20-7-8-33(37)29-13-14-30-25-36(21-19-28(30)23-29)41(38,39)32-17-9-26(2)10-18-32/h9-18,23H,6-8,19-22,24-25H2,1-5H3. The number of benzene rings is 3. The molecular formula is C34H44N2O4S. The number of nitrogens with zero attached hydrogens (tertiary/aromatic N) is 2. The summed E-state index contributed by atoms with van der Waals surface area (Å²) < 4.78 is 33.6. The van der Waals surface area contributed by atoms with Gasteiger partial charge in [-0.25, -0.2) is 8.42 Å². The molecule has 0 fully saturated rings. The molecule has 6 nitrogen and oxygen atoms in total. The molecule has 0 N–H and O–H groups in total. The minimum Gasteiger partial charge on any atom is -0.494 e. The summed E-state index contributed by atoms with van der Waals surface area (Å²) in [6, 6.07) is 21.0. The molecule has 1 aliphatic heterocycles. The largest absolute Gasteiger partial charge is 0.494 e. The summed E-state index contributed by atoms with van der Waals surface area (Å²) >= 11 is 0. The van der Waals surface area contributed by atoms with Gasteiger partial charge in [-0.2, -0.15) is 4.31 Å². The summed E-state index contributed by atoms with van der Waals surface area (Å²) in [6.07, 6.45) is 2.83. The summed E-state index contributed by atoms with van der Waals surface area (Å²) in [5.74, 6) is 1.03. The fourth-order valence-corrected chi connectivity index (χ4v) is 6.54. The number of aryl methyl sites for hydroxylation is 1. The van der Waals surface area contributed by atoms with Crippen LogP contribution in [0, 0.1) is 6.92 Å². The number of fused-ring (bicyclic) bond motifs is 1. The first kappa shape index (κ1) is 30.9. The van der Waals surface area contributed by atoms with E-state index in [9.17, 15) is 13.2 Å². The van der Waals surface area contributed by atoms with Crippen LogP contribution in [0.2, 0.25) is 0 Å². The van der Waals surface area contributed by atoms with Gasteiger partial charge in [0.05, 0.1) is 11.5 Å². The van der Waals surface area contributed by atoms with Gasteiger partial charge >= 0.3 is 0 Å². The minimum absolute atomic E-state index is 0.0307. The molecular weight excluding hydrogens is 532 g/mol. The summed E-state index contributed by atoms with van der Waals surface area (Å²) in [4.78, 5) is 15.9. The summed E-state index contributed by atoms with van der Waals surface area (Å²) in [5, 5.41) is 0. The van der Waals surface area contributed by atoms with Gasteiger partial charge in [-0.1, -0.05) is 48.9 Å². The first-order valence-electron chi connectivity index (χ1n) is 14.7. The van der Waals surface area contributed by atoms with Crippen LogP contribution in [0.5, 0.6) is 5.75 Å². The molecule has 4 rings (SSSR count). The molecule has 0 bridgehead atoms. The molecule has 0 spiro atoms. The number of rotatable bonds is 12. The molecule has 41 heavy (non-hydrogen) atoms. The molecule has 0 radical (unpaired) electrons. The zero-order chi connectivity index (χ0) is 29.6. The van der Waals surface area contributed by atoms with E-state index in [2.05, 4.69) is 44.7 Å². The van der Waals surface area contributed by atoms with Crippen LogP contribution in [0.4, 0.5) is 0 Å². The lowest BCUT2D eigenvalue weighted by Gasteiger charge is -2.36. The third kappa shape index (κ3) is 8.06. The number of Topliss-reactive ketones (excluding diaryl/α,β-unsaturated/α-hetero) is 1. The maximum absolute atomic E-state index is 13.2. The first-order valence-corrected chi connectivity index (χ1v) is 16.1. The van der Waals surface area contributed by atoms with Crippen molar-refractivity contribution in [1.29, 1.82) is 0 Å². The predicted octanol–water partition coefficient (Wildman–Crippen LogP) is 6.79. The van der Waals surface area contributed by atoms with Crippen molar-refractivity contribution in [3.8, 4) is 5.75 Å². The molecule has 1 heterocycles. The second-order valence-corrected chi connectivity index (χ2v) is 13.9. The maximum atomic E-state index is 13.2. The van der Waals surface area contributed by atoms with Crippen molar-refractivity contribution in [2.45, 2.75) is 83.8 Å². The Morgan fingerprint density at radius 2 is 1.68 bits per heavy atom. The quantitative estimate of drug-likeness (QED) is 0.222. The van der Waals surface area contributed by atoms with Crippen LogP contribution in [0.3, 0.4) is 0 Å². The van der Waals surface area contributed by atoms with Gasteiger partial charge in [-0.3, -0.25) is 9.69 Å². The predicted molar refractivity (Wildman–Crippen MR) is 165 cm³/mol. The summed E-state index contributed by atoms with van der Waals surface area (Å²) in [5.41, 5.74) is 4.96. The van der Waals surface area contributed by atoms with Crippen molar-refractivity contribution in [2.75, 3.05) is 19.7 Å². The fraction of sp³-hybridized carbons (Fsp3) is 0.441. The van der Waals surface area contributed by atoms with E-state index in [1.807, 2.05) is 49.4 Å². The normalized spacial score (nSPS) is 14.2. The highest BCUT2D eigenvalue weighted by Crippen LogP contribution is 2.27. The second-order valence-electron chi connectivity index (χ2n) is 12.0. The van der Waals surface area contributed by atoms with Crippen molar-refractivity contribution in [3.05, 3.63) is 94.5 Å². The van der Waals surface area contributed by atoms with Gasteiger partial charge in [0, 0.05) is 37.2 Å². The van der Waals surface area contributed by atoms with Gasteiger partial charge < -0.3 is 4.74 Å². The van der Waals surface area contributed by atoms with Crippen LogP contribution >= 0.6 is 0 Å². The van der Waals surface area contributed by atoms with E-state index >= 15 is 0 Å². The third-order valence-electron chi connectivity index (χ3n) is 7.71. The molecule has 3 aromatic carbocycles. The molecule has 0 aromatic heterocycles. The maximum Gasteiger partial charge on any atom is 0.243 e. The Morgan fingerprint density at radius 3 is 2.34 bits per heavy atom. The highest BCUT2D eigenvalue weighted by molar-refractivity contribution is 7.89. The number of ketones is 1. The van der Waals surface area contributed by atoms with E-state index in [1.54, 1.807) is 12.1 Å². The summed E-state index contributed by atoms with van der Waals surface area (Å²) in [6.45, 7) is 13.8. The molecule has 0 amide bonds. The average Bonchev–Trinajstić information content (AvgIpc) is 2.95. The van der Waals surface area contributed by atoms with Crippen molar-refractivity contribution in [2.24, 2.45) is 0 Å². The lowest BCUT2D eigenvalue weighted by molar-refractivity contribution is 0.0945. The zero-order valence-corrected chi connectivity index (χ0v) is 26.0. The molecule has 0 saturated heterocycles. The molecule has 0 unspecified atom stereocenters. The van der Waals surface area contributed by atoms with Crippen LogP contribution in [-0.2, 0) is 29.5 Å². The number of carbonyl (C=O) groups excluding carboxylic acids is 1. The Balaban J connectivity index is 1.34. The lowest BCUT2D eigenvalue weighted by atomic mass is 9.95. The van der Waals surface area contributed by atoms with Crippen LogP contribution in [0.1, 0.15) is 79.6 Å². The van der Waals surface area contributed by atoms with E-state index in [-0.39, 0.29) is 11.3 Å². The van der Waals surface area contributed by atoms with Gasteiger partial charge in [-0.05, 0) is 101 Å². The molecule has 3 aromatic rings. The van der Waals surface area contributed by atoms with Crippen molar-refractivity contribution >= 4 is 15.8 Å². The molecule has 0 saturated carbocycles. The third-order valence-corrected chi connectivity index (χ3v) is 9.57. The Morgan fingerprint density at radius 1 is 0.976 bits per heavy atom. The van der Waals surface area contributed by atoms with Crippen molar-refractivity contribution < 1.29 is 17.9 Å². The van der Waals surface area contributed by atoms with Crippen molar-refractivity contribution in [1.82, 2.24) is 9.21 Å². The molecule has 1 aliphatic rings. The van der Waals surface area contributed by atoms with E-state index in [0.717, 1.165) is 55.0 Å². The monoisotopic (exact) mass is 576 g/mol. The van der Waals surface area contributed by atoms with Gasteiger partial charge in [0.2, 0.25) is 10.0 Å². The second kappa shape index (κ2) is 13.3. The molecule has 220 valence electrons. The average molecular weight is 577 g/mol. The van der Waals surface area contributed by atoms with Crippen molar-refractivity contribution in [3.63, 3.8) is 0 Å². The topological polar surface area (TPSA) is 66.9 Å². The van der Waals surface area contributed by atoms with E-state index in [0.29, 0.717) is 36.4 Å². The highest BCUT2D eigenvalue weighted by Gasteiger charge is 2.29. The van der Waals surface area contributed by atoms with Gasteiger partial charge in [0.1, 0.15) is 5.75 Å². The molecule has 7 heteroatoms.